The van der Waals surface area contributed by atoms with Crippen LogP contribution in [0.4, 0.5) is 5.69 Å². The van der Waals surface area contributed by atoms with Gasteiger partial charge in [0, 0.05) is 37.6 Å². The van der Waals surface area contributed by atoms with Gasteiger partial charge in [0.1, 0.15) is 0 Å². The van der Waals surface area contributed by atoms with Crippen molar-refractivity contribution < 1.29 is 4.79 Å². The maximum absolute atomic E-state index is 11.8. The van der Waals surface area contributed by atoms with Gasteiger partial charge in [0.25, 0.3) is 0 Å². The maximum atomic E-state index is 11.8. The van der Waals surface area contributed by atoms with Crippen molar-refractivity contribution in [3.8, 4) is 0 Å². The van der Waals surface area contributed by atoms with Crippen molar-refractivity contribution in [3.05, 3.63) is 59.9 Å². The number of benzene rings is 1. The minimum Gasteiger partial charge on any atom is -0.384 e. The number of hydrogen-bond donors (Lipinski definition) is 2. The topological polar surface area (TPSA) is 54.0 Å². The van der Waals surface area contributed by atoms with E-state index in [1.165, 1.54) is 5.56 Å². The minimum absolute atomic E-state index is 0.0493. The van der Waals surface area contributed by atoms with Gasteiger partial charge in [0.05, 0.1) is 0 Å². The highest BCUT2D eigenvalue weighted by Crippen LogP contribution is 2.15. The van der Waals surface area contributed by atoms with E-state index in [9.17, 15) is 4.79 Å². The summed E-state index contributed by atoms with van der Waals surface area (Å²) in [5, 5.41) is 6.23. The molecular formula is C17H21N3O. The van der Waals surface area contributed by atoms with Crippen LogP contribution in [0.15, 0.2) is 48.8 Å². The van der Waals surface area contributed by atoms with E-state index < -0.39 is 0 Å². The van der Waals surface area contributed by atoms with Crippen LogP contribution < -0.4 is 10.6 Å². The predicted molar refractivity (Wildman–Crippen MR) is 85.0 cm³/mol. The number of nitrogens with zero attached hydrogens (tertiary/aromatic N) is 1. The van der Waals surface area contributed by atoms with Crippen LogP contribution in [0.1, 0.15) is 24.5 Å². The molecule has 1 amide bonds. The van der Waals surface area contributed by atoms with Crippen LogP contribution in [0.2, 0.25) is 0 Å². The Kier molecular flexibility index (Phi) is 5.76. The molecule has 0 aliphatic rings. The van der Waals surface area contributed by atoms with Gasteiger partial charge in [-0.1, -0.05) is 25.1 Å². The molecule has 0 saturated carbocycles. The molecule has 0 aliphatic carbocycles. The summed E-state index contributed by atoms with van der Waals surface area (Å²) in [5.74, 6) is 0.0493. The molecule has 0 atom stereocenters. The molecule has 1 aromatic carbocycles. The standard InChI is InChI=1S/C17H21N3O/c1-2-15-5-3-4-6-16(15)19-12-9-17(21)20-13-14-7-10-18-11-8-14/h3-8,10-11,19H,2,9,12-13H2,1H3,(H,20,21). The molecule has 21 heavy (non-hydrogen) atoms. The third-order valence-electron chi connectivity index (χ3n) is 3.30. The first-order valence-electron chi connectivity index (χ1n) is 7.27. The van der Waals surface area contributed by atoms with Crippen molar-refractivity contribution >= 4 is 11.6 Å². The summed E-state index contributed by atoms with van der Waals surface area (Å²) in [6.07, 6.45) is 4.90. The molecule has 0 fully saturated rings. The van der Waals surface area contributed by atoms with Gasteiger partial charge >= 0.3 is 0 Å². The van der Waals surface area contributed by atoms with Crippen LogP contribution in [-0.4, -0.2) is 17.4 Å². The summed E-state index contributed by atoms with van der Waals surface area (Å²) in [4.78, 5) is 15.7. The Morgan fingerprint density at radius 3 is 2.67 bits per heavy atom. The highest BCUT2D eigenvalue weighted by Gasteiger charge is 2.03. The van der Waals surface area contributed by atoms with E-state index in [1.807, 2.05) is 30.3 Å². The lowest BCUT2D eigenvalue weighted by Gasteiger charge is -2.11. The molecule has 0 unspecified atom stereocenters. The van der Waals surface area contributed by atoms with Crippen molar-refractivity contribution in [3.63, 3.8) is 0 Å². The van der Waals surface area contributed by atoms with Gasteiger partial charge in [0.15, 0.2) is 0 Å². The zero-order chi connectivity index (χ0) is 14.9. The smallest absolute Gasteiger partial charge is 0.222 e. The molecule has 4 nitrogen and oxygen atoms in total. The number of carbonyl (C=O) groups excluding carboxylic acids is 1. The second-order valence-corrected chi connectivity index (χ2v) is 4.82. The van der Waals surface area contributed by atoms with Gasteiger partial charge in [-0.05, 0) is 35.7 Å². The molecule has 1 aromatic heterocycles. The lowest BCUT2D eigenvalue weighted by molar-refractivity contribution is -0.121. The Balaban J connectivity index is 1.72. The number of amides is 1. The quantitative estimate of drug-likeness (QED) is 0.821. The molecule has 4 heteroatoms. The van der Waals surface area contributed by atoms with Gasteiger partial charge < -0.3 is 10.6 Å². The fourth-order valence-electron chi connectivity index (χ4n) is 2.10. The third kappa shape index (κ3) is 4.91. The Bertz CT molecular complexity index is 569. The van der Waals surface area contributed by atoms with Gasteiger partial charge in [-0.25, -0.2) is 0 Å². The van der Waals surface area contributed by atoms with Gasteiger partial charge in [-0.2, -0.15) is 0 Å². The summed E-state index contributed by atoms with van der Waals surface area (Å²) in [6.45, 7) is 3.31. The van der Waals surface area contributed by atoms with Crippen LogP contribution in [0.25, 0.3) is 0 Å². The number of nitrogens with one attached hydrogen (secondary N) is 2. The van der Waals surface area contributed by atoms with Crippen molar-refractivity contribution in [2.24, 2.45) is 0 Å². The zero-order valence-electron chi connectivity index (χ0n) is 12.3. The van der Waals surface area contributed by atoms with Gasteiger partial charge in [-0.3, -0.25) is 9.78 Å². The van der Waals surface area contributed by atoms with E-state index in [0.717, 1.165) is 17.7 Å². The molecule has 1 heterocycles. The molecule has 0 spiro atoms. The largest absolute Gasteiger partial charge is 0.384 e. The lowest BCUT2D eigenvalue weighted by Crippen LogP contribution is -2.25. The monoisotopic (exact) mass is 283 g/mol. The summed E-state index contributed by atoms with van der Waals surface area (Å²) < 4.78 is 0. The van der Waals surface area contributed by atoms with E-state index in [-0.39, 0.29) is 5.91 Å². The number of pyridine rings is 1. The maximum Gasteiger partial charge on any atom is 0.222 e. The molecule has 2 aromatic rings. The third-order valence-corrected chi connectivity index (χ3v) is 3.30. The molecule has 0 aliphatic heterocycles. The second kappa shape index (κ2) is 8.04. The zero-order valence-corrected chi connectivity index (χ0v) is 12.3. The summed E-state index contributed by atoms with van der Waals surface area (Å²) in [6, 6.07) is 12.0. The van der Waals surface area contributed by atoms with Crippen LogP contribution in [0, 0.1) is 0 Å². The fourth-order valence-corrected chi connectivity index (χ4v) is 2.10. The Hall–Kier alpha value is -2.36. The number of rotatable bonds is 7. The van der Waals surface area contributed by atoms with Gasteiger partial charge in [-0.15, -0.1) is 0 Å². The van der Waals surface area contributed by atoms with Crippen LogP contribution in [0.5, 0.6) is 0 Å². The van der Waals surface area contributed by atoms with Crippen molar-refractivity contribution in [2.75, 3.05) is 11.9 Å². The highest BCUT2D eigenvalue weighted by molar-refractivity contribution is 5.76. The SMILES string of the molecule is CCc1ccccc1NCCC(=O)NCc1ccncc1. The molecular weight excluding hydrogens is 262 g/mol. The van der Waals surface area contributed by atoms with E-state index >= 15 is 0 Å². The van der Waals surface area contributed by atoms with E-state index in [2.05, 4.69) is 28.6 Å². The van der Waals surface area contributed by atoms with Crippen molar-refractivity contribution in [2.45, 2.75) is 26.3 Å². The molecule has 2 N–H and O–H groups in total. The van der Waals surface area contributed by atoms with Crippen LogP contribution >= 0.6 is 0 Å². The molecule has 0 radical (unpaired) electrons. The molecule has 0 saturated heterocycles. The van der Waals surface area contributed by atoms with Crippen LogP contribution in [0.3, 0.4) is 0 Å². The number of hydrogen-bond acceptors (Lipinski definition) is 3. The first-order chi connectivity index (χ1) is 10.3. The average molecular weight is 283 g/mol. The summed E-state index contributed by atoms with van der Waals surface area (Å²) in [7, 11) is 0. The normalized spacial score (nSPS) is 10.1. The average Bonchev–Trinajstić information content (AvgIpc) is 2.54. The van der Waals surface area contributed by atoms with E-state index in [4.69, 9.17) is 0 Å². The number of para-hydroxylation sites is 1. The predicted octanol–water partition coefficient (Wildman–Crippen LogP) is 2.76. The van der Waals surface area contributed by atoms with E-state index in [1.54, 1.807) is 12.4 Å². The fraction of sp³-hybridized carbons (Fsp3) is 0.294. The highest BCUT2D eigenvalue weighted by atomic mass is 16.1. The Morgan fingerprint density at radius 1 is 1.14 bits per heavy atom. The first kappa shape index (κ1) is 15.0. The van der Waals surface area contributed by atoms with Crippen molar-refractivity contribution in [1.29, 1.82) is 0 Å². The number of anilines is 1. The lowest BCUT2D eigenvalue weighted by atomic mass is 10.1. The Morgan fingerprint density at radius 2 is 1.90 bits per heavy atom. The summed E-state index contributed by atoms with van der Waals surface area (Å²) in [5.41, 5.74) is 3.44. The number of aryl methyl sites for hydroxylation is 1. The molecule has 110 valence electrons. The molecule has 2 rings (SSSR count). The minimum atomic E-state index is 0.0493. The van der Waals surface area contributed by atoms with Crippen LogP contribution in [-0.2, 0) is 17.8 Å². The van der Waals surface area contributed by atoms with E-state index in [0.29, 0.717) is 19.5 Å². The number of carbonyl (C=O) groups is 1. The Labute approximate surface area is 125 Å². The summed E-state index contributed by atoms with van der Waals surface area (Å²) >= 11 is 0. The van der Waals surface area contributed by atoms with Gasteiger partial charge in [0.2, 0.25) is 5.91 Å². The van der Waals surface area contributed by atoms with Crippen molar-refractivity contribution in [1.82, 2.24) is 10.3 Å². The second-order valence-electron chi connectivity index (χ2n) is 4.82. The first-order valence-corrected chi connectivity index (χ1v) is 7.27. The molecule has 0 bridgehead atoms. The number of aromatic nitrogens is 1.